The van der Waals surface area contributed by atoms with E-state index in [9.17, 15) is 10.2 Å². The number of ether oxygens (including phenoxy) is 4. The minimum atomic E-state index is 0.0462. The van der Waals surface area contributed by atoms with E-state index in [4.69, 9.17) is 28.9 Å². The monoisotopic (exact) mass is 778 g/mol. The Bertz CT molecular complexity index is 2040. The number of fused-ring (bicyclic) bond motifs is 8. The van der Waals surface area contributed by atoms with Crippen LogP contribution in [0.1, 0.15) is 94.0 Å². The third kappa shape index (κ3) is 10.0. The lowest BCUT2D eigenvalue weighted by Gasteiger charge is -2.22. The van der Waals surface area contributed by atoms with E-state index in [1.807, 2.05) is 36.4 Å². The van der Waals surface area contributed by atoms with E-state index in [1.165, 1.54) is 0 Å². The van der Waals surface area contributed by atoms with Gasteiger partial charge in [-0.25, -0.2) is 0 Å². The molecule has 2 heterocycles. The number of para-hydroxylation sites is 4. The van der Waals surface area contributed by atoms with Crippen LogP contribution in [0.4, 0.5) is 0 Å². The first-order chi connectivity index (χ1) is 28.6. The van der Waals surface area contributed by atoms with Gasteiger partial charge in [0.15, 0.2) is 0 Å². The molecule has 2 aromatic heterocycles. The normalized spacial score (nSPS) is 12.2. The maximum atomic E-state index is 9.55. The van der Waals surface area contributed by atoms with Crippen LogP contribution in [0.5, 0.6) is 23.0 Å². The second kappa shape index (κ2) is 20.1. The minimum absolute atomic E-state index is 0.0462. The summed E-state index contributed by atoms with van der Waals surface area (Å²) in [6.07, 6.45) is 5.17. The van der Waals surface area contributed by atoms with Crippen molar-refractivity contribution in [2.45, 2.75) is 78.4 Å². The second-order valence-corrected chi connectivity index (χ2v) is 14.8. The molecule has 8 bridgehead atoms. The van der Waals surface area contributed by atoms with Crippen molar-refractivity contribution in [3.05, 3.63) is 176 Å². The van der Waals surface area contributed by atoms with Crippen LogP contribution in [-0.2, 0) is 51.7 Å². The molecule has 6 aromatic rings. The lowest BCUT2D eigenvalue weighted by Crippen LogP contribution is -2.10. The molecule has 0 fully saturated rings. The SMILES string of the molecule is CCCOc1c2cccc1Cc1cccc(c1OCc1cccc(CCO)n1)Cc1cccc(c1OCCC)Cc1cccc(c1OCc1cccc(CCO)n1)C2. The molecule has 2 N–H and O–H groups in total. The number of rotatable bonds is 16. The zero-order valence-corrected chi connectivity index (χ0v) is 33.7. The third-order valence-corrected chi connectivity index (χ3v) is 10.3. The smallest absolute Gasteiger partial charge is 0.130 e. The van der Waals surface area contributed by atoms with Crippen molar-refractivity contribution in [2.24, 2.45) is 0 Å². The molecule has 0 saturated heterocycles. The Hall–Kier alpha value is -5.70. The average Bonchev–Trinajstić information content (AvgIpc) is 3.23. The molecule has 0 atom stereocenters. The number of aliphatic hydroxyl groups excluding tert-OH is 2. The van der Waals surface area contributed by atoms with Crippen LogP contribution in [-0.4, -0.2) is 46.6 Å². The summed E-state index contributed by atoms with van der Waals surface area (Å²) < 4.78 is 26.9. The van der Waals surface area contributed by atoms with Crippen LogP contribution in [0.3, 0.4) is 0 Å². The molecule has 0 saturated carbocycles. The number of hydrogen-bond donors (Lipinski definition) is 2. The standard InChI is InChI=1S/C50H54N2O6/c1-3-27-55-47-35-11-5-12-36(47)30-40-16-8-18-42(50(40)58-34-46-22-10-20-44(52-46)24-26-54)32-38-14-6-13-37(48(38)56-28-4-2)31-41-17-7-15-39(29-35)49(41)57-33-45-21-9-19-43(51-45)23-25-53/h5-22,53-54H,3-4,23-34H2,1-2H3. The summed E-state index contributed by atoms with van der Waals surface area (Å²) in [5, 5.41) is 19.1. The van der Waals surface area contributed by atoms with Crippen LogP contribution in [0.25, 0.3) is 0 Å². The quantitative estimate of drug-likeness (QED) is 0.100. The molecule has 7 rings (SSSR count). The number of pyridine rings is 2. The Kier molecular flexibility index (Phi) is 14.1. The molecule has 4 aromatic carbocycles. The molecule has 300 valence electrons. The minimum Gasteiger partial charge on any atom is -0.493 e. The van der Waals surface area contributed by atoms with Crippen LogP contribution in [0, 0.1) is 0 Å². The van der Waals surface area contributed by atoms with E-state index in [-0.39, 0.29) is 13.2 Å². The Morgan fingerprint density at radius 1 is 0.397 bits per heavy atom. The van der Waals surface area contributed by atoms with Gasteiger partial charge in [-0.2, -0.15) is 0 Å². The summed E-state index contributed by atoms with van der Waals surface area (Å²) in [5.74, 6) is 3.45. The molecule has 1 aliphatic rings. The highest BCUT2D eigenvalue weighted by atomic mass is 16.5. The van der Waals surface area contributed by atoms with Gasteiger partial charge in [0.05, 0.1) is 24.6 Å². The van der Waals surface area contributed by atoms with Crippen molar-refractivity contribution >= 4 is 0 Å². The fourth-order valence-corrected chi connectivity index (χ4v) is 7.66. The number of aromatic nitrogens is 2. The molecule has 0 aliphatic heterocycles. The van der Waals surface area contributed by atoms with Crippen LogP contribution in [0.15, 0.2) is 109 Å². The van der Waals surface area contributed by atoms with E-state index in [0.29, 0.717) is 65.0 Å². The maximum absolute atomic E-state index is 9.55. The fraction of sp³-hybridized carbons (Fsp3) is 0.320. The molecule has 8 heteroatoms. The Balaban J connectivity index is 1.36. The fourth-order valence-electron chi connectivity index (χ4n) is 7.66. The second-order valence-electron chi connectivity index (χ2n) is 14.8. The van der Waals surface area contributed by atoms with Crippen molar-refractivity contribution in [1.29, 1.82) is 0 Å². The van der Waals surface area contributed by atoms with Gasteiger partial charge in [-0.15, -0.1) is 0 Å². The van der Waals surface area contributed by atoms with Crippen molar-refractivity contribution in [3.8, 4) is 23.0 Å². The highest BCUT2D eigenvalue weighted by molar-refractivity contribution is 5.56. The predicted octanol–water partition coefficient (Wildman–Crippen LogP) is 8.96. The van der Waals surface area contributed by atoms with Gasteiger partial charge in [0.2, 0.25) is 0 Å². The first kappa shape index (κ1) is 40.5. The molecular formula is C50H54N2O6. The zero-order valence-electron chi connectivity index (χ0n) is 33.7. The Labute approximate surface area is 342 Å². The predicted molar refractivity (Wildman–Crippen MR) is 227 cm³/mol. The van der Waals surface area contributed by atoms with Gasteiger partial charge < -0.3 is 29.2 Å². The molecule has 1 aliphatic carbocycles. The van der Waals surface area contributed by atoms with Crippen LogP contribution in [0.2, 0.25) is 0 Å². The Morgan fingerprint density at radius 3 is 0.966 bits per heavy atom. The van der Waals surface area contributed by atoms with E-state index < -0.39 is 0 Å². The van der Waals surface area contributed by atoms with E-state index in [0.717, 1.165) is 103 Å². The number of aliphatic hydroxyl groups is 2. The lowest BCUT2D eigenvalue weighted by atomic mass is 9.91. The van der Waals surface area contributed by atoms with E-state index >= 15 is 0 Å². The first-order valence-corrected chi connectivity index (χ1v) is 20.6. The summed E-state index contributed by atoms with van der Waals surface area (Å²) in [5.41, 5.74) is 11.9. The van der Waals surface area contributed by atoms with Crippen molar-refractivity contribution in [1.82, 2.24) is 9.97 Å². The highest BCUT2D eigenvalue weighted by Crippen LogP contribution is 2.39. The van der Waals surface area contributed by atoms with Crippen molar-refractivity contribution < 1.29 is 29.2 Å². The van der Waals surface area contributed by atoms with Crippen LogP contribution >= 0.6 is 0 Å². The van der Waals surface area contributed by atoms with Gasteiger partial charge in [-0.1, -0.05) is 98.8 Å². The van der Waals surface area contributed by atoms with Gasteiger partial charge in [0, 0.05) is 63.1 Å². The first-order valence-electron chi connectivity index (χ1n) is 20.6. The third-order valence-electron chi connectivity index (χ3n) is 10.3. The number of benzene rings is 4. The van der Waals surface area contributed by atoms with Crippen molar-refractivity contribution in [2.75, 3.05) is 26.4 Å². The van der Waals surface area contributed by atoms with Gasteiger partial charge in [0.25, 0.3) is 0 Å². The lowest BCUT2D eigenvalue weighted by molar-refractivity contribution is 0.289. The summed E-state index contributed by atoms with van der Waals surface area (Å²) in [6, 6.07) is 37.5. The van der Waals surface area contributed by atoms with E-state index in [2.05, 4.69) is 86.6 Å². The summed E-state index contributed by atoms with van der Waals surface area (Å²) in [4.78, 5) is 9.55. The van der Waals surface area contributed by atoms with Gasteiger partial charge in [0.1, 0.15) is 36.2 Å². The maximum Gasteiger partial charge on any atom is 0.130 e. The summed E-state index contributed by atoms with van der Waals surface area (Å²) in [7, 11) is 0. The molecular weight excluding hydrogens is 725 g/mol. The molecule has 0 unspecified atom stereocenters. The molecule has 0 spiro atoms. The van der Waals surface area contributed by atoms with Gasteiger partial charge in [-0.05, 0) is 81.6 Å². The highest BCUT2D eigenvalue weighted by Gasteiger charge is 2.22. The molecule has 8 nitrogen and oxygen atoms in total. The topological polar surface area (TPSA) is 103 Å². The Morgan fingerprint density at radius 2 is 0.672 bits per heavy atom. The van der Waals surface area contributed by atoms with Gasteiger partial charge in [-0.3, -0.25) is 9.97 Å². The van der Waals surface area contributed by atoms with Gasteiger partial charge >= 0.3 is 0 Å². The number of nitrogens with zero attached hydrogens (tertiary/aromatic N) is 2. The number of hydrogen-bond acceptors (Lipinski definition) is 8. The summed E-state index contributed by atoms with van der Waals surface area (Å²) >= 11 is 0. The van der Waals surface area contributed by atoms with Crippen molar-refractivity contribution in [3.63, 3.8) is 0 Å². The zero-order chi connectivity index (χ0) is 40.1. The average molecular weight is 779 g/mol. The van der Waals surface area contributed by atoms with E-state index in [1.54, 1.807) is 0 Å². The largest absolute Gasteiger partial charge is 0.493 e. The van der Waals surface area contributed by atoms with Crippen LogP contribution < -0.4 is 18.9 Å². The molecule has 58 heavy (non-hydrogen) atoms. The summed E-state index contributed by atoms with van der Waals surface area (Å²) in [6.45, 7) is 6.13. The molecule has 0 amide bonds. The molecule has 0 radical (unpaired) electrons.